The first-order chi connectivity index (χ1) is 14.1. The maximum absolute atomic E-state index is 12.3. The molecule has 0 aromatic heterocycles. The lowest BCUT2D eigenvalue weighted by Crippen LogP contribution is -2.43. The Bertz CT molecular complexity index is 878. The maximum atomic E-state index is 12.3. The number of carboxylic acids is 1. The zero-order chi connectivity index (χ0) is 20.2. The molecule has 1 fully saturated rings. The van der Waals surface area contributed by atoms with Gasteiger partial charge in [-0.15, -0.1) is 0 Å². The Kier molecular flexibility index (Phi) is 5.78. The van der Waals surface area contributed by atoms with Crippen LogP contribution in [0.2, 0.25) is 0 Å². The minimum Gasteiger partial charge on any atom is -0.480 e. The summed E-state index contributed by atoms with van der Waals surface area (Å²) in [6, 6.07) is 14.4. The Morgan fingerprint density at radius 2 is 1.66 bits per heavy atom. The van der Waals surface area contributed by atoms with Gasteiger partial charge in [0.05, 0.1) is 13.2 Å². The van der Waals surface area contributed by atoms with Gasteiger partial charge in [0.2, 0.25) is 0 Å². The molecule has 1 atom stereocenters. The second-order valence-corrected chi connectivity index (χ2v) is 7.38. The second kappa shape index (κ2) is 8.63. The van der Waals surface area contributed by atoms with E-state index in [2.05, 4.69) is 17.4 Å². The smallest absolute Gasteiger partial charge is 0.325 e. The van der Waals surface area contributed by atoms with Gasteiger partial charge in [0.1, 0.15) is 6.04 Å². The minimum absolute atomic E-state index is 0.163. The van der Waals surface area contributed by atoms with Gasteiger partial charge in [-0.3, -0.25) is 9.69 Å². The molecule has 0 radical (unpaired) electrons. The van der Waals surface area contributed by atoms with Crippen molar-refractivity contribution in [1.82, 2.24) is 9.80 Å². The van der Waals surface area contributed by atoms with Crippen LogP contribution in [0, 0.1) is 0 Å². The van der Waals surface area contributed by atoms with Crippen LogP contribution in [-0.4, -0.2) is 59.8 Å². The molecule has 0 unspecified atom stereocenters. The molecule has 7 heteroatoms. The number of carbonyl (C=O) groups excluding carboxylic acids is 1. The van der Waals surface area contributed by atoms with Crippen LogP contribution in [0.3, 0.4) is 0 Å². The second-order valence-electron chi connectivity index (χ2n) is 7.38. The third-order valence-corrected chi connectivity index (χ3v) is 5.54. The van der Waals surface area contributed by atoms with Crippen molar-refractivity contribution in [2.45, 2.75) is 19.0 Å². The molecule has 2 aromatic rings. The van der Waals surface area contributed by atoms with Crippen molar-refractivity contribution >= 4 is 17.7 Å². The molecular formula is C22H25N3O4. The lowest BCUT2D eigenvalue weighted by Gasteiger charge is -2.33. The number of benzene rings is 2. The number of aliphatic carboxylic acids is 1. The molecule has 2 aliphatic rings. The van der Waals surface area contributed by atoms with Gasteiger partial charge in [0.15, 0.2) is 0 Å². The SMILES string of the molecule is O=C(O)[C@H](c1ccc(NC(=O)N2CCOCC2)cc1)N1CCc2ccccc2C1. The number of carbonyl (C=O) groups is 2. The number of carboxylic acid groups (broad SMARTS) is 1. The van der Waals surface area contributed by atoms with Gasteiger partial charge >= 0.3 is 12.0 Å². The molecule has 2 N–H and O–H groups in total. The predicted octanol–water partition coefficient (Wildman–Crippen LogP) is 2.73. The van der Waals surface area contributed by atoms with Gasteiger partial charge in [-0.25, -0.2) is 4.79 Å². The molecule has 7 nitrogen and oxygen atoms in total. The first-order valence-electron chi connectivity index (χ1n) is 9.89. The molecule has 4 rings (SSSR count). The average molecular weight is 395 g/mol. The van der Waals surface area contributed by atoms with E-state index in [1.54, 1.807) is 29.2 Å². The van der Waals surface area contributed by atoms with Crippen LogP contribution in [0.15, 0.2) is 48.5 Å². The third-order valence-electron chi connectivity index (χ3n) is 5.54. The fourth-order valence-corrected chi connectivity index (χ4v) is 3.97. The summed E-state index contributed by atoms with van der Waals surface area (Å²) in [7, 11) is 0. The van der Waals surface area contributed by atoms with Crippen molar-refractivity contribution < 1.29 is 19.4 Å². The highest BCUT2D eigenvalue weighted by Crippen LogP contribution is 2.29. The van der Waals surface area contributed by atoms with E-state index in [4.69, 9.17) is 4.74 Å². The molecule has 2 heterocycles. The summed E-state index contributed by atoms with van der Waals surface area (Å²) < 4.78 is 5.26. The quantitative estimate of drug-likeness (QED) is 0.832. The Labute approximate surface area is 169 Å². The van der Waals surface area contributed by atoms with Crippen LogP contribution in [0.1, 0.15) is 22.7 Å². The van der Waals surface area contributed by atoms with Crippen LogP contribution >= 0.6 is 0 Å². The van der Waals surface area contributed by atoms with E-state index in [-0.39, 0.29) is 6.03 Å². The van der Waals surface area contributed by atoms with Crippen LogP contribution < -0.4 is 5.32 Å². The lowest BCUT2D eigenvalue weighted by atomic mass is 9.96. The molecule has 0 aliphatic carbocycles. The number of hydrogen-bond acceptors (Lipinski definition) is 4. The van der Waals surface area contributed by atoms with Crippen LogP contribution in [0.4, 0.5) is 10.5 Å². The van der Waals surface area contributed by atoms with E-state index in [1.165, 1.54) is 11.1 Å². The van der Waals surface area contributed by atoms with Gasteiger partial charge in [0, 0.05) is 31.9 Å². The molecule has 0 spiro atoms. The minimum atomic E-state index is -0.866. The first kappa shape index (κ1) is 19.4. The van der Waals surface area contributed by atoms with E-state index in [0.29, 0.717) is 50.6 Å². The summed E-state index contributed by atoms with van der Waals surface area (Å²) in [4.78, 5) is 28.1. The highest BCUT2D eigenvalue weighted by molar-refractivity contribution is 5.89. The van der Waals surface area contributed by atoms with Crippen LogP contribution in [0.25, 0.3) is 0 Å². The monoisotopic (exact) mass is 395 g/mol. The largest absolute Gasteiger partial charge is 0.480 e. The van der Waals surface area contributed by atoms with E-state index in [9.17, 15) is 14.7 Å². The summed E-state index contributed by atoms with van der Waals surface area (Å²) >= 11 is 0. The van der Waals surface area contributed by atoms with Crippen molar-refractivity contribution in [3.05, 3.63) is 65.2 Å². The predicted molar refractivity (Wildman–Crippen MR) is 109 cm³/mol. The van der Waals surface area contributed by atoms with Gasteiger partial charge in [-0.05, 0) is 35.2 Å². The van der Waals surface area contributed by atoms with E-state index in [0.717, 1.165) is 6.42 Å². The topological polar surface area (TPSA) is 82.1 Å². The molecular weight excluding hydrogens is 370 g/mol. The fourth-order valence-electron chi connectivity index (χ4n) is 3.97. The van der Waals surface area contributed by atoms with Crippen LogP contribution in [-0.2, 0) is 22.5 Å². The normalized spacial score (nSPS) is 18.0. The summed E-state index contributed by atoms with van der Waals surface area (Å²) in [6.45, 7) is 3.55. The van der Waals surface area contributed by atoms with Crippen LogP contribution in [0.5, 0.6) is 0 Å². The maximum Gasteiger partial charge on any atom is 0.325 e. The molecule has 2 aromatic carbocycles. The number of hydrogen-bond donors (Lipinski definition) is 2. The number of nitrogens with zero attached hydrogens (tertiary/aromatic N) is 2. The van der Waals surface area contributed by atoms with Crippen molar-refractivity contribution in [2.75, 3.05) is 38.2 Å². The number of fused-ring (bicyclic) bond motifs is 1. The molecule has 0 saturated carbocycles. The summed E-state index contributed by atoms with van der Waals surface area (Å²) in [5.41, 5.74) is 3.83. The standard InChI is InChI=1S/C22H25N3O4/c26-21(27)20(25-10-9-16-3-1-2-4-18(16)15-25)17-5-7-19(8-6-17)23-22(28)24-11-13-29-14-12-24/h1-8,20H,9-15H2,(H,23,28)(H,26,27)/t20-/m0/s1. The van der Waals surface area contributed by atoms with Gasteiger partial charge in [-0.1, -0.05) is 36.4 Å². The molecule has 1 saturated heterocycles. The highest BCUT2D eigenvalue weighted by atomic mass is 16.5. The van der Waals surface area contributed by atoms with E-state index >= 15 is 0 Å². The molecule has 29 heavy (non-hydrogen) atoms. The molecule has 2 amide bonds. The van der Waals surface area contributed by atoms with Crippen molar-refractivity contribution in [1.29, 1.82) is 0 Å². The summed E-state index contributed by atoms with van der Waals surface area (Å²) in [6.07, 6.45) is 0.841. The Morgan fingerprint density at radius 3 is 2.34 bits per heavy atom. The fraction of sp³-hybridized carbons (Fsp3) is 0.364. The van der Waals surface area contributed by atoms with Gasteiger partial charge in [0.25, 0.3) is 0 Å². The Hall–Kier alpha value is -2.90. The zero-order valence-corrected chi connectivity index (χ0v) is 16.2. The van der Waals surface area contributed by atoms with E-state index < -0.39 is 12.0 Å². The first-order valence-corrected chi connectivity index (χ1v) is 9.89. The number of rotatable bonds is 4. The van der Waals surface area contributed by atoms with Crippen molar-refractivity contribution in [3.8, 4) is 0 Å². The molecule has 0 bridgehead atoms. The molecule has 152 valence electrons. The third kappa shape index (κ3) is 4.41. The number of ether oxygens (including phenoxy) is 1. The number of nitrogens with one attached hydrogen (secondary N) is 1. The van der Waals surface area contributed by atoms with Gasteiger partial charge < -0.3 is 20.1 Å². The number of urea groups is 1. The summed E-state index contributed by atoms with van der Waals surface area (Å²) in [5, 5.41) is 12.8. The zero-order valence-electron chi connectivity index (χ0n) is 16.2. The average Bonchev–Trinajstić information content (AvgIpc) is 2.75. The Balaban J connectivity index is 1.46. The highest BCUT2D eigenvalue weighted by Gasteiger charge is 2.30. The Morgan fingerprint density at radius 1 is 0.966 bits per heavy atom. The number of amides is 2. The van der Waals surface area contributed by atoms with Crippen molar-refractivity contribution in [2.24, 2.45) is 0 Å². The lowest BCUT2D eigenvalue weighted by molar-refractivity contribution is -0.144. The number of morpholine rings is 1. The molecule has 2 aliphatic heterocycles. The van der Waals surface area contributed by atoms with Gasteiger partial charge in [-0.2, -0.15) is 0 Å². The van der Waals surface area contributed by atoms with E-state index in [1.807, 2.05) is 17.0 Å². The summed E-state index contributed by atoms with van der Waals surface area (Å²) in [5.74, 6) is -0.866. The van der Waals surface area contributed by atoms with Crippen molar-refractivity contribution in [3.63, 3.8) is 0 Å². The number of anilines is 1.